The fourth-order valence-corrected chi connectivity index (χ4v) is 2.47. The van der Waals surface area contributed by atoms with Crippen LogP contribution in [0.5, 0.6) is 0 Å². The van der Waals surface area contributed by atoms with Crippen molar-refractivity contribution in [1.82, 2.24) is 0 Å². The third kappa shape index (κ3) is 16.1. The molecule has 22 heavy (non-hydrogen) atoms. The Kier molecular flexibility index (Phi) is 18.6. The highest BCUT2D eigenvalue weighted by atomic mass is 35.5. The molecule has 3 nitrogen and oxygen atoms in total. The summed E-state index contributed by atoms with van der Waals surface area (Å²) in [6, 6.07) is -0.451. The molecule has 134 valence electrons. The lowest BCUT2D eigenvalue weighted by Crippen LogP contribution is -2.33. The first-order valence-electron chi connectivity index (χ1n) is 9.00. The Morgan fingerprint density at radius 3 is 1.82 bits per heavy atom. The molecule has 0 saturated carbocycles. The fourth-order valence-electron chi connectivity index (χ4n) is 2.47. The summed E-state index contributed by atoms with van der Waals surface area (Å²) in [6.45, 7) is 6.91. The van der Waals surface area contributed by atoms with Gasteiger partial charge in [0.1, 0.15) is 6.04 Å². The molecule has 0 radical (unpaired) electrons. The first-order chi connectivity index (χ1) is 10.1. The van der Waals surface area contributed by atoms with Crippen molar-refractivity contribution in [2.45, 2.75) is 97.4 Å². The number of halogens is 1. The maximum Gasteiger partial charge on any atom is 0.322 e. The van der Waals surface area contributed by atoms with Crippen LogP contribution in [0.15, 0.2) is 0 Å². The van der Waals surface area contributed by atoms with E-state index in [4.69, 9.17) is 10.5 Å². The Morgan fingerprint density at radius 1 is 0.909 bits per heavy atom. The van der Waals surface area contributed by atoms with E-state index in [-0.39, 0.29) is 18.4 Å². The molecular weight excluding hydrogens is 298 g/mol. The largest absolute Gasteiger partial charge is 0.465 e. The molecule has 0 aromatic carbocycles. The van der Waals surface area contributed by atoms with E-state index in [0.29, 0.717) is 18.9 Å². The number of esters is 1. The molecule has 0 bridgehead atoms. The van der Waals surface area contributed by atoms with Gasteiger partial charge >= 0.3 is 5.97 Å². The highest BCUT2D eigenvalue weighted by Gasteiger charge is 2.15. The van der Waals surface area contributed by atoms with E-state index < -0.39 is 6.04 Å². The molecule has 0 spiro atoms. The average Bonchev–Trinajstić information content (AvgIpc) is 2.43. The molecule has 2 N–H and O–H groups in total. The van der Waals surface area contributed by atoms with Crippen molar-refractivity contribution in [2.75, 3.05) is 6.61 Å². The van der Waals surface area contributed by atoms with Gasteiger partial charge in [0.25, 0.3) is 0 Å². The smallest absolute Gasteiger partial charge is 0.322 e. The van der Waals surface area contributed by atoms with Crippen LogP contribution in [0.1, 0.15) is 91.4 Å². The van der Waals surface area contributed by atoms with Gasteiger partial charge in [0.2, 0.25) is 0 Å². The number of ether oxygens (including phenoxy) is 1. The van der Waals surface area contributed by atoms with E-state index in [1.807, 2.05) is 0 Å². The molecule has 0 aliphatic carbocycles. The topological polar surface area (TPSA) is 52.3 Å². The summed E-state index contributed by atoms with van der Waals surface area (Å²) in [5, 5.41) is 0. The number of hydrogen-bond acceptors (Lipinski definition) is 3. The van der Waals surface area contributed by atoms with E-state index >= 15 is 0 Å². The van der Waals surface area contributed by atoms with Crippen LogP contribution < -0.4 is 5.73 Å². The molecule has 0 unspecified atom stereocenters. The molecule has 4 heteroatoms. The number of hydrogen-bond donors (Lipinski definition) is 1. The van der Waals surface area contributed by atoms with Crippen molar-refractivity contribution in [3.63, 3.8) is 0 Å². The van der Waals surface area contributed by atoms with E-state index in [0.717, 1.165) is 12.8 Å². The van der Waals surface area contributed by atoms with Gasteiger partial charge in [-0.25, -0.2) is 0 Å². The predicted octanol–water partition coefficient (Wildman–Crippen LogP) is 5.25. The number of rotatable bonds is 14. The molecule has 0 aliphatic rings. The van der Waals surface area contributed by atoms with E-state index in [2.05, 4.69) is 20.8 Å². The monoisotopic (exact) mass is 335 g/mol. The Hall–Kier alpha value is -0.280. The van der Waals surface area contributed by atoms with Crippen LogP contribution in [0.4, 0.5) is 0 Å². The number of unbranched alkanes of at least 4 members (excludes halogenated alkanes) is 9. The molecular formula is C18H38ClNO2. The van der Waals surface area contributed by atoms with Crippen molar-refractivity contribution < 1.29 is 9.53 Å². The van der Waals surface area contributed by atoms with Crippen LogP contribution in [-0.2, 0) is 9.53 Å². The molecule has 0 saturated heterocycles. The van der Waals surface area contributed by atoms with Crippen LogP contribution in [0.2, 0.25) is 0 Å². The van der Waals surface area contributed by atoms with Gasteiger partial charge in [-0.3, -0.25) is 4.79 Å². The molecule has 0 aromatic rings. The van der Waals surface area contributed by atoms with Crippen molar-refractivity contribution >= 4 is 18.4 Å². The molecule has 0 aliphatic heterocycles. The summed E-state index contributed by atoms with van der Waals surface area (Å²) in [6.07, 6.45) is 13.6. The Labute approximate surface area is 144 Å². The second-order valence-electron chi connectivity index (χ2n) is 6.59. The highest BCUT2D eigenvalue weighted by molar-refractivity contribution is 5.85. The fraction of sp³-hybridized carbons (Fsp3) is 0.944. The van der Waals surface area contributed by atoms with E-state index in [1.54, 1.807) is 0 Å². The van der Waals surface area contributed by atoms with Gasteiger partial charge in [0.15, 0.2) is 0 Å². The van der Waals surface area contributed by atoms with Crippen molar-refractivity contribution in [3.8, 4) is 0 Å². The summed E-state index contributed by atoms with van der Waals surface area (Å²) in [5.41, 5.74) is 5.77. The molecule has 0 fully saturated rings. The standard InChI is InChI=1S/C18H37NO2.ClH/c1-4-5-6-7-8-9-10-11-12-13-14-21-18(20)17(19)15-16(2)3;/h16-17H,4-15,19H2,1-3H3;1H/t17-;/m1./s1. The van der Waals surface area contributed by atoms with Crippen LogP contribution in [0.25, 0.3) is 0 Å². The average molecular weight is 336 g/mol. The summed E-state index contributed by atoms with van der Waals surface area (Å²) < 4.78 is 5.21. The predicted molar refractivity (Wildman–Crippen MR) is 97.5 cm³/mol. The minimum Gasteiger partial charge on any atom is -0.465 e. The van der Waals surface area contributed by atoms with Crippen molar-refractivity contribution in [1.29, 1.82) is 0 Å². The van der Waals surface area contributed by atoms with Gasteiger partial charge in [-0.1, -0.05) is 78.6 Å². The lowest BCUT2D eigenvalue weighted by molar-refractivity contribution is -0.145. The number of carbonyl (C=O) groups excluding carboxylic acids is 1. The van der Waals surface area contributed by atoms with Gasteiger partial charge < -0.3 is 10.5 Å². The van der Waals surface area contributed by atoms with Crippen LogP contribution in [-0.4, -0.2) is 18.6 Å². The second kappa shape index (κ2) is 17.1. The zero-order valence-corrected chi connectivity index (χ0v) is 15.8. The highest BCUT2D eigenvalue weighted by Crippen LogP contribution is 2.10. The van der Waals surface area contributed by atoms with E-state index in [1.165, 1.54) is 51.4 Å². The first-order valence-corrected chi connectivity index (χ1v) is 9.00. The summed E-state index contributed by atoms with van der Waals surface area (Å²) in [5.74, 6) is 0.199. The maximum absolute atomic E-state index is 11.6. The zero-order chi connectivity index (χ0) is 15.9. The number of carbonyl (C=O) groups is 1. The van der Waals surface area contributed by atoms with Gasteiger partial charge in [0, 0.05) is 0 Å². The van der Waals surface area contributed by atoms with Gasteiger partial charge in [0.05, 0.1) is 6.61 Å². The van der Waals surface area contributed by atoms with E-state index in [9.17, 15) is 4.79 Å². The lowest BCUT2D eigenvalue weighted by Gasteiger charge is -2.13. The first kappa shape index (κ1) is 24.0. The third-order valence-corrected chi connectivity index (χ3v) is 3.77. The SMILES string of the molecule is CCCCCCCCCCCCOC(=O)[C@H](N)CC(C)C.Cl. The van der Waals surface area contributed by atoms with Gasteiger partial charge in [-0.2, -0.15) is 0 Å². The molecule has 0 heterocycles. The molecule has 0 amide bonds. The molecule has 1 atom stereocenters. The Morgan fingerprint density at radius 2 is 1.36 bits per heavy atom. The van der Waals surface area contributed by atoms with Crippen LogP contribution in [0.3, 0.4) is 0 Å². The molecule has 0 aromatic heterocycles. The molecule has 0 rings (SSSR count). The van der Waals surface area contributed by atoms with Crippen molar-refractivity contribution in [3.05, 3.63) is 0 Å². The minimum atomic E-state index is -0.451. The lowest BCUT2D eigenvalue weighted by atomic mass is 10.0. The Balaban J connectivity index is 0. The third-order valence-electron chi connectivity index (χ3n) is 3.77. The second-order valence-corrected chi connectivity index (χ2v) is 6.59. The zero-order valence-electron chi connectivity index (χ0n) is 14.9. The van der Waals surface area contributed by atoms with Crippen LogP contribution >= 0.6 is 12.4 Å². The van der Waals surface area contributed by atoms with Gasteiger partial charge in [-0.05, 0) is 18.8 Å². The quantitative estimate of drug-likeness (QED) is 0.348. The normalized spacial score (nSPS) is 12.0. The summed E-state index contributed by atoms with van der Waals surface area (Å²) in [4.78, 5) is 11.6. The maximum atomic E-state index is 11.6. The number of nitrogens with two attached hydrogens (primary N) is 1. The Bertz CT molecular complexity index is 247. The van der Waals surface area contributed by atoms with Crippen molar-refractivity contribution in [2.24, 2.45) is 11.7 Å². The van der Waals surface area contributed by atoms with Gasteiger partial charge in [-0.15, -0.1) is 12.4 Å². The summed E-state index contributed by atoms with van der Waals surface area (Å²) >= 11 is 0. The summed E-state index contributed by atoms with van der Waals surface area (Å²) in [7, 11) is 0. The minimum absolute atomic E-state index is 0. The van der Waals surface area contributed by atoms with Crippen LogP contribution in [0, 0.1) is 5.92 Å².